The fourth-order valence-corrected chi connectivity index (χ4v) is 15.7. The van der Waals surface area contributed by atoms with Crippen molar-refractivity contribution in [3.63, 3.8) is 0 Å². The van der Waals surface area contributed by atoms with Crippen LogP contribution in [0.2, 0.25) is 0 Å². The number of nitrogens with two attached hydrogens (primary N) is 1. The summed E-state index contributed by atoms with van der Waals surface area (Å²) in [5.41, 5.74) is 6.03. The van der Waals surface area contributed by atoms with Crippen LogP contribution in [0.1, 0.15) is 214 Å². The van der Waals surface area contributed by atoms with Crippen molar-refractivity contribution in [2.75, 3.05) is 39.6 Å². The van der Waals surface area contributed by atoms with E-state index < -0.39 is 276 Å². The van der Waals surface area contributed by atoms with Gasteiger partial charge in [0.05, 0.1) is 64.0 Å². The number of hydrogen-bond donors (Lipinski definition) is 20. The van der Waals surface area contributed by atoms with Crippen LogP contribution in [0.4, 0.5) is 0 Å². The third-order valence-corrected chi connectivity index (χ3v) is 22.8. The Morgan fingerprint density at radius 2 is 1.00 bits per heavy atom. The number of rotatable bonds is 55. The third-order valence-electron chi connectivity index (χ3n) is 22.4. The first-order chi connectivity index (χ1) is 56.2. The Bertz CT molecular complexity index is 3010. The molecule has 33 atom stereocenters. The zero-order valence-corrected chi connectivity index (χ0v) is 74.9. The molecule has 0 bridgehead atoms. The van der Waals surface area contributed by atoms with E-state index in [1.54, 1.807) is 6.08 Å². The van der Waals surface area contributed by atoms with Crippen LogP contribution in [0.25, 0.3) is 0 Å². The second-order valence-corrected chi connectivity index (χ2v) is 32.9. The van der Waals surface area contributed by atoms with Crippen molar-refractivity contribution in [2.24, 2.45) is 15.7 Å². The van der Waals surface area contributed by atoms with Crippen molar-refractivity contribution in [1.82, 2.24) is 0 Å². The number of hydrogen-bond acceptors (Lipinski definition) is 38. The normalized spacial score (nSPS) is 36.5. The molecule has 43 heteroatoms. The molecule has 0 saturated carbocycles. The Kier molecular flexibility index (Phi) is 52.9. The number of unbranched alkanes of at least 4 members (excludes halogenated alkanes) is 25. The van der Waals surface area contributed by atoms with Crippen LogP contribution in [-0.2, 0) is 76.2 Å². The van der Waals surface area contributed by atoms with Crippen LogP contribution in [-0.4, -0.2) is 364 Å². The number of carbonyl (C=O) groups is 1. The first-order valence-corrected chi connectivity index (χ1v) is 43.5. The molecule has 0 radical (unpaired) electrons. The van der Waals surface area contributed by atoms with Crippen LogP contribution in [0, 0.1) is 0 Å². The molecular weight excluding hydrogens is 1640 g/mol. The van der Waals surface area contributed by atoms with Gasteiger partial charge in [0.25, 0.3) is 5.79 Å². The number of carboxylic acids is 1. The van der Waals surface area contributed by atoms with Gasteiger partial charge in [-0.05, 0) is 51.3 Å². The minimum atomic E-state index is -5.61. The molecule has 4 unspecified atom stereocenters. The van der Waals surface area contributed by atoms with E-state index in [1.807, 2.05) is 0 Å². The molecule has 120 heavy (non-hydrogen) atoms. The number of aliphatic carboxylic acids is 1. The predicted molar refractivity (Wildman–Crippen MR) is 409 cm³/mol. The molecule has 6 saturated heterocycles. The van der Waals surface area contributed by atoms with Gasteiger partial charge in [0.15, 0.2) is 31.5 Å². The summed E-state index contributed by atoms with van der Waals surface area (Å²) < 4.78 is 111. The van der Waals surface area contributed by atoms with E-state index >= 15 is 0 Å². The summed E-state index contributed by atoms with van der Waals surface area (Å²) in [5.74, 6) is -7.11. The molecule has 0 aromatic rings. The van der Waals surface area contributed by atoms with Gasteiger partial charge in [0.1, 0.15) is 140 Å². The summed E-state index contributed by atoms with van der Waals surface area (Å²) in [7, 11) is -5.61. The summed E-state index contributed by atoms with van der Waals surface area (Å²) in [6.45, 7) is -0.247. The van der Waals surface area contributed by atoms with Gasteiger partial charge in [0.2, 0.25) is 0 Å². The second kappa shape index (κ2) is 57.1. The van der Waals surface area contributed by atoms with Gasteiger partial charge < -0.3 is 165 Å². The number of ether oxygens (including phenoxy) is 12. The Hall–Kier alpha value is -1.18. The maximum atomic E-state index is 13.5. The van der Waals surface area contributed by atoms with Crippen molar-refractivity contribution >= 4 is 28.2 Å². The van der Waals surface area contributed by atoms with E-state index in [0.717, 1.165) is 71.1 Å². The average molecular weight is 1770 g/mol. The maximum Gasteiger partial charge on any atom is 1.00 e. The Morgan fingerprint density at radius 1 is 0.550 bits per heavy atom. The van der Waals surface area contributed by atoms with E-state index in [-0.39, 0.29) is 65.5 Å². The molecule has 690 valence electrons. The SMILES string of the molecule is CCCCCCCCCCCCC/C=C\[C@H](O)[C@@H](CO[C@H]1O[C@H](CO)[C@H](OC2O[C@H](CO)C(O)[C@H](O[C@H]3O[C@H](COS(=O)(=O)O)[C@@H](O[C@H]4O[C@@H](CO)[C@@H](O)C(O[C@]5(C(=O)O)C[C@H](O)[C@@H](N)[C@@H](C(O)[C@@H](O)CO)O5)[C@H]4O)[C@@H](O[C@H]4O[C@H](C)[C@H](O)[C@@H](O)[C@@H]4O)[C@H]3N=C(C)[O-])[C@@H]2O)[C@@H](O)[C@@H]1O)N=C([O-])CCCCCCCCCCCCCCCCC.[Na+].[Na+]. The van der Waals surface area contributed by atoms with Gasteiger partial charge in [-0.1, -0.05) is 180 Å². The van der Waals surface area contributed by atoms with Crippen LogP contribution in [0.3, 0.4) is 0 Å². The summed E-state index contributed by atoms with van der Waals surface area (Å²) in [6.07, 6.45) is -29.9. The number of aliphatic hydroxyl groups is 17. The summed E-state index contributed by atoms with van der Waals surface area (Å²) in [5, 5.41) is 228. The fraction of sp³-hybridized carbons (Fsp3) is 0.935. The molecule has 0 aromatic heterocycles. The first-order valence-electron chi connectivity index (χ1n) is 42.1. The van der Waals surface area contributed by atoms with Gasteiger partial charge in [-0.3, -0.25) is 14.5 Å². The summed E-state index contributed by atoms with van der Waals surface area (Å²) >= 11 is 0. The number of aliphatic hydroxyl groups excluding tert-OH is 17. The summed E-state index contributed by atoms with van der Waals surface area (Å²) in [4.78, 5) is 21.6. The predicted octanol–water partition coefficient (Wildman–Crippen LogP) is -9.25. The Morgan fingerprint density at radius 3 is 1.50 bits per heavy atom. The molecule has 40 nitrogen and oxygen atoms in total. The standard InChI is InChI=1S/C77H139N3O37S.2Na/c1-5-7-9-11-13-15-17-19-20-22-24-26-28-30-32-34-52(89)80-44(45(86)33-31-29-27-25-23-21-18-16-14-12-10-8-6-2)40-105-72-62(97)60(95)65(50(39-84)110-72)112-74-63(98)69(57(92)48(37-82)108-74)115-71-54(79-43(4)85)68(114-73-61(96)59(94)55(90)42(3)107-73)66(51(111-71)41-106-118(102,103)104)113-75-64(99)70(58(93)49(38-83)109-75)117-77(76(100)101)35-46(87)53(78)67(116-77)56(91)47(88)36-81;;/h31,33,42,44-51,53-75,81-84,86-88,90-99H,5-30,32,34-41,78H2,1-4H3,(H,79,85)(H,80,89)(H,100,101)(H,102,103,104);;/q;2*+1/p-2/b33-31-;;/t42-,44-,45+,46+,47+,48-,49+,50-,51-,53-,54-,55+,56?,57?,58-,59-,60+,61+,62+,63+,64-,65+,66-,67+,68+,69+,70?,71-,72+,73-,74?,75-,77+;;/m1../s1. The monoisotopic (exact) mass is 1770 g/mol. The number of carboxylic acid groups (broad SMARTS) is 1. The number of allylic oxidation sites excluding steroid dienone is 1. The van der Waals surface area contributed by atoms with Gasteiger partial charge in [-0.15, -0.1) is 0 Å². The number of nitrogens with zero attached hydrogens (tertiary/aromatic N) is 2. The van der Waals surface area contributed by atoms with Crippen molar-refractivity contribution < 1.29 is 240 Å². The van der Waals surface area contributed by atoms with Crippen LogP contribution in [0.15, 0.2) is 22.1 Å². The van der Waals surface area contributed by atoms with Crippen molar-refractivity contribution in [3.05, 3.63) is 12.2 Å². The molecule has 6 rings (SSSR count). The zero-order chi connectivity index (χ0) is 87.0. The molecule has 0 aliphatic carbocycles. The first kappa shape index (κ1) is 111. The maximum absolute atomic E-state index is 13.5. The minimum absolute atomic E-state index is 0. The van der Waals surface area contributed by atoms with E-state index in [9.17, 15) is 120 Å². The largest absolute Gasteiger partial charge is 1.00 e. The molecular formula is C77H137N3Na2O37S. The topological polar surface area (TPSA) is 652 Å². The minimum Gasteiger partial charge on any atom is -0.862 e. The van der Waals surface area contributed by atoms with Gasteiger partial charge >= 0.3 is 75.5 Å². The molecule has 0 spiro atoms. The van der Waals surface area contributed by atoms with Gasteiger partial charge in [-0.2, -0.15) is 8.42 Å². The second-order valence-electron chi connectivity index (χ2n) is 31.8. The number of aliphatic imine (C=N–C) groups is 2. The molecule has 21 N–H and O–H groups in total. The van der Waals surface area contributed by atoms with Crippen molar-refractivity contribution in [1.29, 1.82) is 0 Å². The molecule has 6 fully saturated rings. The fourth-order valence-electron chi connectivity index (χ4n) is 15.4. The molecule has 6 aliphatic rings. The molecule has 6 heterocycles. The zero-order valence-electron chi connectivity index (χ0n) is 70.1. The third kappa shape index (κ3) is 34.0. The quantitative estimate of drug-likeness (QED) is 0.00671. The van der Waals surface area contributed by atoms with Gasteiger partial charge in [0, 0.05) is 6.42 Å². The van der Waals surface area contributed by atoms with Crippen molar-refractivity contribution in [2.45, 2.75) is 416 Å². The summed E-state index contributed by atoms with van der Waals surface area (Å²) in [6, 6.07) is -5.24. The average Bonchev–Trinajstić information content (AvgIpc) is 0.763. The van der Waals surface area contributed by atoms with Gasteiger partial charge in [-0.25, -0.2) is 8.98 Å². The Labute approximate surface area is 746 Å². The smallest absolute Gasteiger partial charge is 0.862 e. The van der Waals surface area contributed by atoms with Crippen LogP contribution >= 0.6 is 0 Å². The van der Waals surface area contributed by atoms with Crippen molar-refractivity contribution in [3.8, 4) is 0 Å². The van der Waals surface area contributed by atoms with E-state index in [1.165, 1.54) is 109 Å². The van der Waals surface area contributed by atoms with E-state index in [2.05, 4.69) is 23.8 Å². The van der Waals surface area contributed by atoms with E-state index in [0.29, 0.717) is 12.8 Å². The molecule has 0 amide bonds. The Balaban J connectivity index is 0.0000151. The molecule has 6 aliphatic heterocycles. The van der Waals surface area contributed by atoms with Crippen LogP contribution < -0.4 is 75.1 Å². The van der Waals surface area contributed by atoms with Crippen LogP contribution in [0.5, 0.6) is 0 Å². The van der Waals surface area contributed by atoms with E-state index in [4.69, 9.17) is 66.8 Å². The molecule has 0 aromatic carbocycles.